The first-order valence-corrected chi connectivity index (χ1v) is 8.19. The van der Waals surface area contributed by atoms with E-state index >= 15 is 0 Å². The average Bonchev–Trinajstić information content (AvgIpc) is 3.03. The number of halogens is 4. The number of benzene rings is 2. The number of rotatable bonds is 6. The molecule has 0 bridgehead atoms. The molecule has 0 saturated carbocycles. The van der Waals surface area contributed by atoms with Crippen molar-refractivity contribution in [2.24, 2.45) is 5.92 Å². The third kappa shape index (κ3) is 5.90. The lowest BCUT2D eigenvalue weighted by Gasteiger charge is -2.19. The Kier molecular flexibility index (Phi) is 7.32. The quantitative estimate of drug-likeness (QED) is 0.790. The highest BCUT2D eigenvalue weighted by molar-refractivity contribution is 5.85. The van der Waals surface area contributed by atoms with E-state index in [0.717, 1.165) is 13.1 Å². The molecule has 0 radical (unpaired) electrons. The second-order valence-electron chi connectivity index (χ2n) is 6.15. The first-order valence-electron chi connectivity index (χ1n) is 8.19. The van der Waals surface area contributed by atoms with E-state index in [1.54, 1.807) is 6.07 Å². The Morgan fingerprint density at radius 2 is 1.77 bits per heavy atom. The third-order valence-corrected chi connectivity index (χ3v) is 4.30. The van der Waals surface area contributed by atoms with Crippen molar-refractivity contribution < 1.29 is 22.6 Å². The van der Waals surface area contributed by atoms with Crippen molar-refractivity contribution >= 4 is 12.4 Å². The van der Waals surface area contributed by atoms with E-state index < -0.39 is 6.36 Å². The van der Waals surface area contributed by atoms with Gasteiger partial charge in [0.15, 0.2) is 0 Å². The van der Waals surface area contributed by atoms with Crippen LogP contribution in [-0.4, -0.2) is 26.1 Å². The zero-order chi connectivity index (χ0) is 17.7. The maximum atomic E-state index is 12.3. The van der Waals surface area contributed by atoms with Crippen molar-refractivity contribution in [2.75, 3.05) is 19.7 Å². The van der Waals surface area contributed by atoms with Crippen LogP contribution in [0.5, 0.6) is 5.75 Å². The second kappa shape index (κ2) is 9.26. The van der Waals surface area contributed by atoms with Gasteiger partial charge in [0.2, 0.25) is 0 Å². The summed E-state index contributed by atoms with van der Waals surface area (Å²) in [4.78, 5) is 0. The van der Waals surface area contributed by atoms with Gasteiger partial charge in [0.05, 0.1) is 13.2 Å². The Morgan fingerprint density at radius 3 is 2.50 bits per heavy atom. The molecule has 1 aliphatic heterocycles. The largest absolute Gasteiger partial charge is 0.573 e. The van der Waals surface area contributed by atoms with Gasteiger partial charge in [-0.25, -0.2) is 0 Å². The van der Waals surface area contributed by atoms with Gasteiger partial charge in [0.1, 0.15) is 5.75 Å². The van der Waals surface area contributed by atoms with Crippen LogP contribution in [0.3, 0.4) is 0 Å². The van der Waals surface area contributed by atoms with Crippen LogP contribution in [0, 0.1) is 5.92 Å². The lowest BCUT2D eigenvalue weighted by Crippen LogP contribution is -2.18. The van der Waals surface area contributed by atoms with E-state index in [1.165, 1.54) is 23.8 Å². The lowest BCUT2D eigenvalue weighted by molar-refractivity contribution is -0.274. The van der Waals surface area contributed by atoms with E-state index in [-0.39, 0.29) is 24.8 Å². The zero-order valence-corrected chi connectivity index (χ0v) is 14.9. The fraction of sp³-hybridized carbons (Fsp3) is 0.368. The van der Waals surface area contributed by atoms with Crippen molar-refractivity contribution in [1.29, 1.82) is 0 Å². The Labute approximate surface area is 156 Å². The van der Waals surface area contributed by atoms with Gasteiger partial charge in [-0.3, -0.25) is 0 Å². The first-order chi connectivity index (χ1) is 12.0. The monoisotopic (exact) mass is 387 g/mol. The molecule has 2 atom stereocenters. The summed E-state index contributed by atoms with van der Waals surface area (Å²) in [6, 6.07) is 16.2. The maximum absolute atomic E-state index is 12.3. The summed E-state index contributed by atoms with van der Waals surface area (Å²) in [5, 5.41) is 3.38. The Morgan fingerprint density at radius 1 is 1.00 bits per heavy atom. The molecule has 1 heterocycles. The third-order valence-electron chi connectivity index (χ3n) is 4.30. The predicted octanol–water partition coefficient (Wildman–Crippen LogP) is 4.53. The molecule has 3 nitrogen and oxygen atoms in total. The highest BCUT2D eigenvalue weighted by Crippen LogP contribution is 2.28. The lowest BCUT2D eigenvalue weighted by atomic mass is 9.89. The van der Waals surface area contributed by atoms with E-state index in [0.29, 0.717) is 24.0 Å². The van der Waals surface area contributed by atoms with Crippen LogP contribution < -0.4 is 10.1 Å². The topological polar surface area (TPSA) is 30.5 Å². The number of ether oxygens (including phenoxy) is 2. The number of alkyl halides is 3. The molecule has 1 saturated heterocycles. The standard InChI is InChI=1S/C19H20F3NO2.ClH/c20-19(21,22)25-17-8-4-5-14(9-17)12-24-13-16-10-23-11-18(16)15-6-2-1-3-7-15;/h1-9,16,18,23H,10-13H2;1H. The van der Waals surface area contributed by atoms with Crippen molar-refractivity contribution in [3.05, 3.63) is 65.7 Å². The zero-order valence-electron chi connectivity index (χ0n) is 14.0. The fourth-order valence-electron chi connectivity index (χ4n) is 3.16. The predicted molar refractivity (Wildman–Crippen MR) is 95.6 cm³/mol. The minimum atomic E-state index is -4.68. The van der Waals surface area contributed by atoms with Crippen LogP contribution in [0.25, 0.3) is 0 Å². The molecule has 0 aliphatic carbocycles. The molecule has 1 aliphatic rings. The molecule has 7 heteroatoms. The van der Waals surface area contributed by atoms with Crippen molar-refractivity contribution in [1.82, 2.24) is 5.32 Å². The van der Waals surface area contributed by atoms with E-state index in [4.69, 9.17) is 4.74 Å². The van der Waals surface area contributed by atoms with Crippen molar-refractivity contribution in [3.63, 3.8) is 0 Å². The van der Waals surface area contributed by atoms with Crippen molar-refractivity contribution in [2.45, 2.75) is 18.9 Å². The van der Waals surface area contributed by atoms with Crippen LogP contribution in [0.1, 0.15) is 17.0 Å². The van der Waals surface area contributed by atoms with Crippen molar-refractivity contribution in [3.8, 4) is 5.75 Å². The van der Waals surface area contributed by atoms with Gasteiger partial charge in [0.25, 0.3) is 0 Å². The smallest absolute Gasteiger partial charge is 0.406 e. The summed E-state index contributed by atoms with van der Waals surface area (Å²) >= 11 is 0. The summed E-state index contributed by atoms with van der Waals surface area (Å²) in [6.07, 6.45) is -4.68. The van der Waals surface area contributed by atoms with Crippen LogP contribution in [0.15, 0.2) is 54.6 Å². The minimum Gasteiger partial charge on any atom is -0.406 e. The summed E-state index contributed by atoms with van der Waals surface area (Å²) in [7, 11) is 0. The van der Waals surface area contributed by atoms with Crippen LogP contribution in [-0.2, 0) is 11.3 Å². The summed E-state index contributed by atoms with van der Waals surface area (Å²) in [6.45, 7) is 2.59. The summed E-state index contributed by atoms with van der Waals surface area (Å²) in [5.41, 5.74) is 1.94. The van der Waals surface area contributed by atoms with E-state index in [9.17, 15) is 13.2 Å². The molecule has 3 rings (SSSR count). The van der Waals surface area contributed by atoms with Crippen LogP contribution >= 0.6 is 12.4 Å². The molecule has 142 valence electrons. The van der Waals surface area contributed by atoms with Gasteiger partial charge in [-0.2, -0.15) is 0 Å². The van der Waals surface area contributed by atoms with Crippen LogP contribution in [0.4, 0.5) is 13.2 Å². The number of nitrogens with one attached hydrogen (secondary N) is 1. The van der Waals surface area contributed by atoms with Crippen LogP contribution in [0.2, 0.25) is 0 Å². The highest BCUT2D eigenvalue weighted by atomic mass is 35.5. The molecule has 2 unspecified atom stereocenters. The SMILES string of the molecule is Cl.FC(F)(F)Oc1cccc(COCC2CNCC2c2ccccc2)c1. The van der Waals surface area contributed by atoms with Gasteiger partial charge in [-0.15, -0.1) is 25.6 Å². The Bertz CT molecular complexity index is 682. The van der Waals surface area contributed by atoms with Gasteiger partial charge in [-0.1, -0.05) is 42.5 Å². The molecule has 0 amide bonds. The Balaban J connectivity index is 0.00000243. The number of hydrogen-bond acceptors (Lipinski definition) is 3. The molecular weight excluding hydrogens is 367 g/mol. The fourth-order valence-corrected chi connectivity index (χ4v) is 3.16. The van der Waals surface area contributed by atoms with Gasteiger partial charge in [-0.05, 0) is 23.3 Å². The van der Waals surface area contributed by atoms with Gasteiger partial charge < -0.3 is 14.8 Å². The molecule has 1 fully saturated rings. The molecular formula is C19H21ClF3NO2. The van der Waals surface area contributed by atoms with E-state index in [2.05, 4.69) is 22.2 Å². The molecule has 2 aromatic rings. The van der Waals surface area contributed by atoms with Gasteiger partial charge >= 0.3 is 6.36 Å². The minimum absolute atomic E-state index is 0. The van der Waals surface area contributed by atoms with E-state index in [1.807, 2.05) is 18.2 Å². The molecule has 26 heavy (non-hydrogen) atoms. The molecule has 0 spiro atoms. The van der Waals surface area contributed by atoms with Gasteiger partial charge in [0, 0.05) is 24.9 Å². The second-order valence-corrected chi connectivity index (χ2v) is 6.15. The average molecular weight is 388 g/mol. The molecule has 1 N–H and O–H groups in total. The highest BCUT2D eigenvalue weighted by Gasteiger charge is 2.31. The molecule has 2 aromatic carbocycles. The number of hydrogen-bond donors (Lipinski definition) is 1. The summed E-state index contributed by atoms with van der Waals surface area (Å²) in [5.74, 6) is 0.511. The maximum Gasteiger partial charge on any atom is 0.573 e. The first kappa shape index (κ1) is 20.6. The normalized spacial score (nSPS) is 19.8. The molecule has 0 aromatic heterocycles. The summed E-state index contributed by atoms with van der Waals surface area (Å²) < 4.78 is 46.5. The Hall–Kier alpha value is -1.76.